The van der Waals surface area contributed by atoms with E-state index < -0.39 is 0 Å². The van der Waals surface area contributed by atoms with Crippen LogP contribution >= 0.6 is 24.0 Å². The lowest BCUT2D eigenvalue weighted by molar-refractivity contribution is 0.326. The number of nitrogens with zero attached hydrogens (tertiary/aromatic N) is 1. The highest BCUT2D eigenvalue weighted by Gasteiger charge is 2.16. The van der Waals surface area contributed by atoms with E-state index in [0.717, 1.165) is 37.7 Å². The molecule has 4 nitrogen and oxygen atoms in total. The van der Waals surface area contributed by atoms with Gasteiger partial charge in [0.15, 0.2) is 5.96 Å². The van der Waals surface area contributed by atoms with E-state index in [0.29, 0.717) is 5.96 Å². The van der Waals surface area contributed by atoms with Crippen LogP contribution in [0.4, 0.5) is 10.1 Å². The van der Waals surface area contributed by atoms with Crippen LogP contribution in [0.2, 0.25) is 0 Å². The number of halogens is 2. The van der Waals surface area contributed by atoms with Crippen molar-refractivity contribution in [3.05, 3.63) is 30.1 Å². The molecule has 1 aromatic carbocycles. The highest BCUT2D eigenvalue weighted by atomic mass is 127. The molecule has 0 aromatic heterocycles. The predicted molar refractivity (Wildman–Crippen MR) is 96.8 cm³/mol. The van der Waals surface area contributed by atoms with Crippen LogP contribution in [0.5, 0.6) is 0 Å². The molecule has 0 aliphatic heterocycles. The van der Waals surface area contributed by atoms with Crippen LogP contribution < -0.4 is 16.4 Å². The third kappa shape index (κ3) is 6.97. The molecule has 21 heavy (non-hydrogen) atoms. The molecule has 1 aromatic rings. The van der Waals surface area contributed by atoms with Gasteiger partial charge in [0.1, 0.15) is 5.82 Å². The zero-order chi connectivity index (χ0) is 14.2. The molecule has 0 bridgehead atoms. The molecular formula is C15H24FIN4. The number of anilines is 1. The second-order valence-corrected chi connectivity index (χ2v) is 5.24. The normalized spacial score (nSPS) is 15.0. The first-order valence-corrected chi connectivity index (χ1v) is 7.27. The molecule has 0 spiro atoms. The van der Waals surface area contributed by atoms with Gasteiger partial charge in [-0.05, 0) is 43.4 Å². The van der Waals surface area contributed by atoms with Crippen molar-refractivity contribution in [1.82, 2.24) is 5.32 Å². The van der Waals surface area contributed by atoms with E-state index in [2.05, 4.69) is 15.6 Å². The Balaban J connectivity index is 0.00000220. The highest BCUT2D eigenvalue weighted by Crippen LogP contribution is 2.26. The molecule has 0 saturated heterocycles. The zero-order valence-electron chi connectivity index (χ0n) is 12.1. The summed E-state index contributed by atoms with van der Waals surface area (Å²) >= 11 is 0. The largest absolute Gasteiger partial charge is 0.385 e. The predicted octanol–water partition coefficient (Wildman–Crippen LogP) is 2.95. The topological polar surface area (TPSA) is 62.4 Å². The van der Waals surface area contributed by atoms with Crippen LogP contribution in [0, 0.1) is 11.7 Å². The van der Waals surface area contributed by atoms with Crippen LogP contribution in [0.1, 0.15) is 25.7 Å². The van der Waals surface area contributed by atoms with Crippen LogP contribution in [-0.4, -0.2) is 25.6 Å². The molecule has 1 fully saturated rings. The Morgan fingerprint density at radius 1 is 1.33 bits per heavy atom. The van der Waals surface area contributed by atoms with Crippen molar-refractivity contribution in [2.45, 2.75) is 25.7 Å². The van der Waals surface area contributed by atoms with Gasteiger partial charge in [-0.3, -0.25) is 4.99 Å². The second-order valence-electron chi connectivity index (χ2n) is 5.24. The molecule has 0 unspecified atom stereocenters. The van der Waals surface area contributed by atoms with E-state index in [1.54, 1.807) is 6.07 Å². The number of hydrogen-bond donors (Lipinski definition) is 3. The third-order valence-electron chi connectivity index (χ3n) is 3.56. The van der Waals surface area contributed by atoms with Gasteiger partial charge in [0, 0.05) is 25.3 Å². The number of benzene rings is 1. The van der Waals surface area contributed by atoms with Crippen molar-refractivity contribution in [3.63, 3.8) is 0 Å². The number of aliphatic imine (C=N–C) groups is 1. The summed E-state index contributed by atoms with van der Waals surface area (Å²) < 4.78 is 12.9. The van der Waals surface area contributed by atoms with Gasteiger partial charge in [-0.25, -0.2) is 4.39 Å². The molecule has 0 atom stereocenters. The monoisotopic (exact) mass is 406 g/mol. The number of nitrogens with two attached hydrogens (primary N) is 1. The maximum absolute atomic E-state index is 12.9. The van der Waals surface area contributed by atoms with Gasteiger partial charge in [0.2, 0.25) is 0 Å². The maximum Gasteiger partial charge on any atom is 0.188 e. The standard InChI is InChI=1S/C15H23FN4.HI/c16-13-6-2-7-14(10-13)18-8-3-9-19-15(17)20-11-12-4-1-5-12;/h2,6-7,10,12,18H,1,3-5,8-9,11H2,(H3,17,19,20);1H. The summed E-state index contributed by atoms with van der Waals surface area (Å²) in [5, 5.41) is 6.26. The summed E-state index contributed by atoms with van der Waals surface area (Å²) in [6, 6.07) is 6.47. The van der Waals surface area contributed by atoms with Crippen molar-refractivity contribution in [2.75, 3.05) is 25.0 Å². The summed E-state index contributed by atoms with van der Waals surface area (Å²) in [5.74, 6) is 1.05. The van der Waals surface area contributed by atoms with Gasteiger partial charge >= 0.3 is 0 Å². The molecule has 1 aliphatic rings. The lowest BCUT2D eigenvalue weighted by Crippen LogP contribution is -2.34. The fourth-order valence-electron chi connectivity index (χ4n) is 2.09. The van der Waals surface area contributed by atoms with Gasteiger partial charge in [-0.1, -0.05) is 12.5 Å². The van der Waals surface area contributed by atoms with Crippen molar-refractivity contribution >= 4 is 35.6 Å². The molecule has 4 N–H and O–H groups in total. The maximum atomic E-state index is 12.9. The number of nitrogens with one attached hydrogen (secondary N) is 2. The molecule has 0 radical (unpaired) electrons. The minimum Gasteiger partial charge on any atom is -0.385 e. The van der Waals surface area contributed by atoms with Gasteiger partial charge in [0.25, 0.3) is 0 Å². The van der Waals surface area contributed by atoms with E-state index in [1.807, 2.05) is 6.07 Å². The Labute approximate surface area is 142 Å². The van der Waals surface area contributed by atoms with Crippen LogP contribution in [0.25, 0.3) is 0 Å². The SMILES string of the molecule is I.NC(=NCC1CCC1)NCCCNc1cccc(F)c1. The molecule has 1 saturated carbocycles. The van der Waals surface area contributed by atoms with Crippen molar-refractivity contribution in [3.8, 4) is 0 Å². The molecule has 0 heterocycles. The van der Waals surface area contributed by atoms with Gasteiger partial charge in [-0.15, -0.1) is 24.0 Å². The Kier molecular flexibility index (Phi) is 8.41. The molecule has 1 aliphatic carbocycles. The molecule has 118 valence electrons. The van der Waals surface area contributed by atoms with Gasteiger partial charge in [0.05, 0.1) is 0 Å². The van der Waals surface area contributed by atoms with Crippen molar-refractivity contribution in [2.24, 2.45) is 16.6 Å². The Bertz CT molecular complexity index is 449. The van der Waals surface area contributed by atoms with Crippen LogP contribution in [0.15, 0.2) is 29.3 Å². The lowest BCUT2D eigenvalue weighted by Gasteiger charge is -2.23. The third-order valence-corrected chi connectivity index (χ3v) is 3.56. The van der Waals surface area contributed by atoms with Crippen molar-refractivity contribution in [1.29, 1.82) is 0 Å². The average Bonchev–Trinajstić information content (AvgIpc) is 2.36. The summed E-state index contributed by atoms with van der Waals surface area (Å²) in [4.78, 5) is 4.33. The van der Waals surface area contributed by atoms with E-state index in [1.165, 1.54) is 31.4 Å². The van der Waals surface area contributed by atoms with Gasteiger partial charge < -0.3 is 16.4 Å². The Hall–Kier alpha value is -1.05. The van der Waals surface area contributed by atoms with Crippen LogP contribution in [0.3, 0.4) is 0 Å². The smallest absolute Gasteiger partial charge is 0.188 e. The fourth-order valence-corrected chi connectivity index (χ4v) is 2.09. The first-order chi connectivity index (χ1) is 9.74. The molecular weight excluding hydrogens is 382 g/mol. The van der Waals surface area contributed by atoms with E-state index in [4.69, 9.17) is 5.73 Å². The summed E-state index contributed by atoms with van der Waals surface area (Å²) in [7, 11) is 0. The lowest BCUT2D eigenvalue weighted by atomic mass is 9.86. The Morgan fingerprint density at radius 3 is 2.81 bits per heavy atom. The van der Waals surface area contributed by atoms with E-state index >= 15 is 0 Å². The Morgan fingerprint density at radius 2 is 2.14 bits per heavy atom. The summed E-state index contributed by atoms with van der Waals surface area (Å²) in [6.45, 7) is 2.38. The minimum atomic E-state index is -0.222. The summed E-state index contributed by atoms with van der Waals surface area (Å²) in [5.41, 5.74) is 6.59. The summed E-state index contributed by atoms with van der Waals surface area (Å²) in [6.07, 6.45) is 4.80. The second kappa shape index (κ2) is 9.81. The molecule has 6 heteroatoms. The number of hydrogen-bond acceptors (Lipinski definition) is 2. The first-order valence-electron chi connectivity index (χ1n) is 7.27. The van der Waals surface area contributed by atoms with Gasteiger partial charge in [-0.2, -0.15) is 0 Å². The molecule has 2 rings (SSSR count). The van der Waals surface area contributed by atoms with E-state index in [-0.39, 0.29) is 29.8 Å². The average molecular weight is 406 g/mol. The van der Waals surface area contributed by atoms with Crippen LogP contribution in [-0.2, 0) is 0 Å². The number of guanidine groups is 1. The molecule has 0 amide bonds. The number of rotatable bonds is 7. The first kappa shape index (κ1) is 18.0. The quantitative estimate of drug-likeness (QED) is 0.283. The highest BCUT2D eigenvalue weighted by molar-refractivity contribution is 14.0. The van der Waals surface area contributed by atoms with Crippen molar-refractivity contribution < 1.29 is 4.39 Å². The minimum absolute atomic E-state index is 0. The van der Waals surface area contributed by atoms with E-state index in [9.17, 15) is 4.39 Å². The zero-order valence-corrected chi connectivity index (χ0v) is 14.5. The fraction of sp³-hybridized carbons (Fsp3) is 0.533.